The summed E-state index contributed by atoms with van der Waals surface area (Å²) in [5.41, 5.74) is 16.2. The van der Waals surface area contributed by atoms with E-state index in [2.05, 4.69) is 0 Å². The number of Topliss-reactive ketones (excluding diaryl/α,β-unsaturated/α-hetero) is 1. The Balaban J connectivity index is 3.68. The average molecular weight is 192 g/mol. The fraction of sp³-hybridized carbons (Fsp3) is 0.364. The third kappa shape index (κ3) is 1.35. The molecule has 1 rings (SSSR count). The van der Waals surface area contributed by atoms with Crippen molar-refractivity contribution in [2.45, 2.75) is 27.7 Å². The predicted octanol–water partition coefficient (Wildman–Crippen LogP) is 1.98. The summed E-state index contributed by atoms with van der Waals surface area (Å²) in [7, 11) is 0. The first-order valence-corrected chi connectivity index (χ1v) is 4.53. The van der Waals surface area contributed by atoms with Gasteiger partial charge in [-0.3, -0.25) is 4.79 Å². The van der Waals surface area contributed by atoms with E-state index in [9.17, 15) is 4.79 Å². The molecule has 0 unspecified atom stereocenters. The summed E-state index contributed by atoms with van der Waals surface area (Å²) >= 11 is 0. The van der Waals surface area contributed by atoms with Crippen LogP contribution >= 0.6 is 0 Å². The number of rotatable bonds is 1. The van der Waals surface area contributed by atoms with E-state index in [-0.39, 0.29) is 5.78 Å². The van der Waals surface area contributed by atoms with Crippen LogP contribution in [0.3, 0.4) is 0 Å². The molecule has 0 heterocycles. The number of benzene rings is 1. The van der Waals surface area contributed by atoms with E-state index in [0.717, 1.165) is 16.7 Å². The second-order valence-corrected chi connectivity index (χ2v) is 3.63. The molecule has 0 spiro atoms. The maximum absolute atomic E-state index is 11.4. The predicted molar refractivity (Wildman–Crippen MR) is 59.5 cm³/mol. The monoisotopic (exact) mass is 192 g/mol. The topological polar surface area (TPSA) is 69.1 Å². The number of nitrogen functional groups attached to an aromatic ring is 2. The smallest absolute Gasteiger partial charge is 0.160 e. The third-order valence-corrected chi connectivity index (χ3v) is 2.72. The maximum atomic E-state index is 11.4. The highest BCUT2D eigenvalue weighted by molar-refractivity contribution is 6.00. The molecule has 0 aliphatic heterocycles. The molecule has 4 N–H and O–H groups in total. The molecule has 3 heteroatoms. The van der Waals surface area contributed by atoms with Gasteiger partial charge in [-0.1, -0.05) is 0 Å². The second kappa shape index (κ2) is 3.33. The highest BCUT2D eigenvalue weighted by Gasteiger charge is 2.15. The molecule has 1 aromatic rings. The van der Waals surface area contributed by atoms with Crippen LogP contribution in [0, 0.1) is 20.8 Å². The fourth-order valence-electron chi connectivity index (χ4n) is 1.79. The quantitative estimate of drug-likeness (QED) is 0.528. The van der Waals surface area contributed by atoms with Gasteiger partial charge in [-0.2, -0.15) is 0 Å². The summed E-state index contributed by atoms with van der Waals surface area (Å²) in [6, 6.07) is 0. The normalized spacial score (nSPS) is 10.3. The van der Waals surface area contributed by atoms with Crippen LogP contribution in [0.25, 0.3) is 0 Å². The number of nitrogens with two attached hydrogens (primary N) is 2. The molecule has 0 fully saturated rings. The molecule has 14 heavy (non-hydrogen) atoms. The zero-order valence-electron chi connectivity index (χ0n) is 9.06. The van der Waals surface area contributed by atoms with Gasteiger partial charge in [0.25, 0.3) is 0 Å². The van der Waals surface area contributed by atoms with Gasteiger partial charge in [0.2, 0.25) is 0 Å². The Kier molecular flexibility index (Phi) is 2.51. The minimum absolute atomic E-state index is 0.0124. The molecule has 0 amide bonds. The van der Waals surface area contributed by atoms with Crippen molar-refractivity contribution in [1.82, 2.24) is 0 Å². The lowest BCUT2D eigenvalue weighted by atomic mass is 9.93. The number of hydrogen-bond acceptors (Lipinski definition) is 3. The molecule has 0 aromatic heterocycles. The molecule has 3 nitrogen and oxygen atoms in total. The Morgan fingerprint density at radius 1 is 0.929 bits per heavy atom. The molecule has 0 saturated carbocycles. The summed E-state index contributed by atoms with van der Waals surface area (Å²) in [6.07, 6.45) is 0. The lowest BCUT2D eigenvalue weighted by molar-refractivity contribution is 0.101. The highest BCUT2D eigenvalue weighted by atomic mass is 16.1. The molecule has 76 valence electrons. The van der Waals surface area contributed by atoms with Gasteiger partial charge in [0.15, 0.2) is 5.78 Å². The van der Waals surface area contributed by atoms with Crippen LogP contribution in [-0.2, 0) is 0 Å². The van der Waals surface area contributed by atoms with Gasteiger partial charge in [0.05, 0.1) is 0 Å². The number of carbonyl (C=O) groups excluding carboxylic acids is 1. The summed E-state index contributed by atoms with van der Waals surface area (Å²) in [5.74, 6) is 0.0124. The summed E-state index contributed by atoms with van der Waals surface area (Å²) in [5, 5.41) is 0. The van der Waals surface area contributed by atoms with Gasteiger partial charge >= 0.3 is 0 Å². The maximum Gasteiger partial charge on any atom is 0.160 e. The fourth-order valence-corrected chi connectivity index (χ4v) is 1.79. The van der Waals surface area contributed by atoms with Gasteiger partial charge in [-0.25, -0.2) is 0 Å². The summed E-state index contributed by atoms with van der Waals surface area (Å²) in [4.78, 5) is 11.4. The van der Waals surface area contributed by atoms with Gasteiger partial charge in [0, 0.05) is 16.9 Å². The summed E-state index contributed by atoms with van der Waals surface area (Å²) < 4.78 is 0. The molecule has 0 aliphatic carbocycles. The minimum atomic E-state index is 0.0124. The van der Waals surface area contributed by atoms with Crippen LogP contribution in [0.15, 0.2) is 0 Å². The Morgan fingerprint density at radius 2 is 1.29 bits per heavy atom. The molecule has 0 radical (unpaired) electrons. The van der Waals surface area contributed by atoms with Gasteiger partial charge in [-0.15, -0.1) is 0 Å². The van der Waals surface area contributed by atoms with Crippen LogP contribution in [0.1, 0.15) is 34.0 Å². The zero-order valence-corrected chi connectivity index (χ0v) is 9.06. The van der Waals surface area contributed by atoms with Crippen LogP contribution in [0.4, 0.5) is 11.4 Å². The second-order valence-electron chi connectivity index (χ2n) is 3.63. The van der Waals surface area contributed by atoms with Crippen LogP contribution < -0.4 is 11.5 Å². The lowest BCUT2D eigenvalue weighted by Crippen LogP contribution is -2.09. The van der Waals surface area contributed by atoms with Crippen molar-refractivity contribution < 1.29 is 4.79 Å². The van der Waals surface area contributed by atoms with Gasteiger partial charge < -0.3 is 11.5 Å². The van der Waals surface area contributed by atoms with E-state index >= 15 is 0 Å². The van der Waals surface area contributed by atoms with E-state index in [4.69, 9.17) is 11.5 Å². The van der Waals surface area contributed by atoms with Crippen molar-refractivity contribution in [1.29, 1.82) is 0 Å². The number of carbonyl (C=O) groups is 1. The molecular formula is C11H16N2O. The van der Waals surface area contributed by atoms with E-state index in [0.29, 0.717) is 16.9 Å². The molecule has 0 bridgehead atoms. The largest absolute Gasteiger partial charge is 0.398 e. The van der Waals surface area contributed by atoms with E-state index in [1.807, 2.05) is 20.8 Å². The Hall–Kier alpha value is -1.51. The molecular weight excluding hydrogens is 176 g/mol. The average Bonchev–Trinajstić information content (AvgIpc) is 2.11. The summed E-state index contributed by atoms with van der Waals surface area (Å²) in [6.45, 7) is 7.11. The Morgan fingerprint density at radius 3 is 1.57 bits per heavy atom. The molecule has 0 atom stereocenters. The van der Waals surface area contributed by atoms with Crippen molar-refractivity contribution in [3.8, 4) is 0 Å². The number of anilines is 2. The Labute approximate surface area is 84.1 Å². The van der Waals surface area contributed by atoms with Crippen molar-refractivity contribution in [3.63, 3.8) is 0 Å². The van der Waals surface area contributed by atoms with Crippen molar-refractivity contribution in [2.75, 3.05) is 11.5 Å². The Bertz CT molecular complexity index is 379. The van der Waals surface area contributed by atoms with Crippen molar-refractivity contribution in [3.05, 3.63) is 22.3 Å². The highest BCUT2D eigenvalue weighted by Crippen LogP contribution is 2.30. The van der Waals surface area contributed by atoms with Crippen molar-refractivity contribution >= 4 is 17.2 Å². The van der Waals surface area contributed by atoms with Gasteiger partial charge in [-0.05, 0) is 44.4 Å². The lowest BCUT2D eigenvalue weighted by Gasteiger charge is -2.15. The zero-order chi connectivity index (χ0) is 11.0. The van der Waals surface area contributed by atoms with E-state index < -0.39 is 0 Å². The first-order valence-electron chi connectivity index (χ1n) is 4.53. The van der Waals surface area contributed by atoms with Crippen LogP contribution in [0.5, 0.6) is 0 Å². The first-order chi connectivity index (χ1) is 6.37. The number of ketones is 1. The van der Waals surface area contributed by atoms with Crippen LogP contribution in [0.2, 0.25) is 0 Å². The van der Waals surface area contributed by atoms with Crippen molar-refractivity contribution in [2.24, 2.45) is 0 Å². The van der Waals surface area contributed by atoms with Crippen LogP contribution in [-0.4, -0.2) is 5.78 Å². The molecule has 0 saturated heterocycles. The molecule has 0 aliphatic rings. The first kappa shape index (κ1) is 10.6. The van der Waals surface area contributed by atoms with E-state index in [1.54, 1.807) is 0 Å². The third-order valence-electron chi connectivity index (χ3n) is 2.72. The SMILES string of the molecule is CC(=O)c1c(C)c(N)c(C)c(N)c1C. The standard InChI is InChI=1S/C11H16N2O/c1-5-9(8(4)14)6(2)11(13)7(3)10(5)12/h12-13H2,1-4H3. The molecule has 1 aromatic carbocycles. The van der Waals surface area contributed by atoms with E-state index in [1.165, 1.54) is 6.92 Å². The minimum Gasteiger partial charge on any atom is -0.398 e. The van der Waals surface area contributed by atoms with Gasteiger partial charge in [0.1, 0.15) is 0 Å². The number of hydrogen-bond donors (Lipinski definition) is 2.